The Hall–Kier alpha value is -2.86. The lowest BCUT2D eigenvalue weighted by atomic mass is 10.1. The largest absolute Gasteiger partial charge is 0.493 e. The maximum atomic E-state index is 12.9. The monoisotopic (exact) mass is 398 g/mol. The normalized spacial score (nSPS) is 16.5. The molecular weight excluding hydrogens is 376 g/mol. The summed E-state index contributed by atoms with van der Waals surface area (Å²) in [5, 5.41) is 0. The molecule has 0 saturated carbocycles. The summed E-state index contributed by atoms with van der Waals surface area (Å²) in [5.41, 5.74) is 2.33. The molecule has 1 aliphatic heterocycles. The van der Waals surface area contributed by atoms with Crippen LogP contribution in [0.5, 0.6) is 23.0 Å². The molecule has 0 amide bonds. The molecule has 0 atom stereocenters. The molecule has 2 aromatic rings. The topological polar surface area (TPSA) is 54.0 Å². The zero-order valence-electron chi connectivity index (χ0n) is 16.3. The minimum atomic E-state index is -0.000235. The first-order valence-electron chi connectivity index (χ1n) is 8.64. The third kappa shape index (κ3) is 3.87. The van der Waals surface area contributed by atoms with Crippen LogP contribution < -0.4 is 18.9 Å². The number of para-hydroxylation sites is 2. The van der Waals surface area contributed by atoms with Crippen molar-refractivity contribution in [3.05, 3.63) is 58.0 Å². The van der Waals surface area contributed by atoms with Gasteiger partial charge in [-0.2, -0.15) is 0 Å². The molecule has 1 fully saturated rings. The van der Waals surface area contributed by atoms with Gasteiger partial charge in [0, 0.05) is 22.5 Å². The quantitative estimate of drug-likeness (QED) is 0.670. The van der Waals surface area contributed by atoms with Crippen LogP contribution in [0.4, 0.5) is 0 Å². The van der Waals surface area contributed by atoms with Crippen LogP contribution >= 0.6 is 11.8 Å². The fourth-order valence-electron chi connectivity index (χ4n) is 3.04. The molecule has 0 radical (unpaired) electrons. The summed E-state index contributed by atoms with van der Waals surface area (Å²) >= 11 is 1.50. The standard InChI is InChI=1S/C22H22O5S/c1-24-17-9-5-7-14(21(17)26-3)11-16-13-28-19(20(16)23)12-15-8-6-10-18(25-2)22(15)27-4/h5-12H,13H2,1-4H3. The minimum Gasteiger partial charge on any atom is -0.493 e. The number of rotatable bonds is 6. The number of ketones is 1. The van der Waals surface area contributed by atoms with Gasteiger partial charge in [-0.1, -0.05) is 24.3 Å². The van der Waals surface area contributed by atoms with E-state index in [1.54, 1.807) is 28.4 Å². The molecule has 28 heavy (non-hydrogen) atoms. The molecule has 0 bridgehead atoms. The Morgan fingerprint density at radius 1 is 0.786 bits per heavy atom. The lowest BCUT2D eigenvalue weighted by Gasteiger charge is -2.10. The van der Waals surface area contributed by atoms with Crippen molar-refractivity contribution in [1.29, 1.82) is 0 Å². The van der Waals surface area contributed by atoms with Crippen molar-refractivity contribution in [3.8, 4) is 23.0 Å². The van der Waals surface area contributed by atoms with Crippen LogP contribution in [0.3, 0.4) is 0 Å². The van der Waals surface area contributed by atoms with Gasteiger partial charge in [0.1, 0.15) is 0 Å². The maximum absolute atomic E-state index is 12.9. The number of carbonyl (C=O) groups is 1. The molecule has 0 aliphatic carbocycles. The molecule has 1 heterocycles. The molecule has 1 saturated heterocycles. The number of hydrogen-bond donors (Lipinski definition) is 0. The van der Waals surface area contributed by atoms with E-state index in [4.69, 9.17) is 18.9 Å². The van der Waals surface area contributed by atoms with Crippen LogP contribution in [0.15, 0.2) is 46.9 Å². The lowest BCUT2D eigenvalue weighted by molar-refractivity contribution is -0.111. The van der Waals surface area contributed by atoms with E-state index in [0.29, 0.717) is 39.2 Å². The number of methoxy groups -OCH3 is 4. The van der Waals surface area contributed by atoms with Crippen LogP contribution in [-0.4, -0.2) is 40.0 Å². The average molecular weight is 398 g/mol. The second-order valence-electron chi connectivity index (χ2n) is 5.96. The summed E-state index contributed by atoms with van der Waals surface area (Å²) in [6, 6.07) is 11.2. The summed E-state index contributed by atoms with van der Waals surface area (Å²) in [6.45, 7) is 0. The van der Waals surface area contributed by atoms with Gasteiger partial charge in [-0.05, 0) is 24.3 Å². The first-order chi connectivity index (χ1) is 13.6. The van der Waals surface area contributed by atoms with Gasteiger partial charge in [0.25, 0.3) is 0 Å². The fraction of sp³-hybridized carbons (Fsp3) is 0.227. The fourth-order valence-corrected chi connectivity index (χ4v) is 4.04. The second-order valence-corrected chi connectivity index (χ2v) is 6.98. The lowest BCUT2D eigenvalue weighted by Crippen LogP contribution is -1.99. The summed E-state index contributed by atoms with van der Waals surface area (Å²) in [4.78, 5) is 13.6. The number of Topliss-reactive ketones (excluding diaryl/α,β-unsaturated/α-hetero) is 1. The summed E-state index contributed by atoms with van der Waals surface area (Å²) in [7, 11) is 6.36. The third-order valence-corrected chi connectivity index (χ3v) is 5.45. The molecule has 2 aromatic carbocycles. The molecule has 6 heteroatoms. The van der Waals surface area contributed by atoms with Crippen LogP contribution in [0, 0.1) is 0 Å². The van der Waals surface area contributed by atoms with Crippen molar-refractivity contribution < 1.29 is 23.7 Å². The highest BCUT2D eigenvalue weighted by Gasteiger charge is 2.25. The molecule has 5 nitrogen and oxygen atoms in total. The Kier molecular flexibility index (Phi) is 6.31. The predicted molar refractivity (Wildman–Crippen MR) is 113 cm³/mol. The highest BCUT2D eigenvalue weighted by atomic mass is 32.2. The molecular formula is C22H22O5S. The van der Waals surface area contributed by atoms with Gasteiger partial charge < -0.3 is 18.9 Å². The number of allylic oxidation sites excluding steroid dienone is 1. The molecule has 0 N–H and O–H groups in total. The van der Waals surface area contributed by atoms with E-state index in [1.807, 2.05) is 48.6 Å². The summed E-state index contributed by atoms with van der Waals surface area (Å²) in [5.74, 6) is 3.08. The van der Waals surface area contributed by atoms with E-state index in [2.05, 4.69) is 0 Å². The van der Waals surface area contributed by atoms with Gasteiger partial charge in [-0.15, -0.1) is 11.8 Å². The van der Waals surface area contributed by atoms with Gasteiger partial charge in [-0.3, -0.25) is 4.79 Å². The van der Waals surface area contributed by atoms with Crippen molar-refractivity contribution in [2.24, 2.45) is 0 Å². The van der Waals surface area contributed by atoms with Crippen molar-refractivity contribution in [3.63, 3.8) is 0 Å². The third-order valence-electron chi connectivity index (χ3n) is 4.38. The van der Waals surface area contributed by atoms with E-state index in [0.717, 1.165) is 11.1 Å². The van der Waals surface area contributed by atoms with Gasteiger partial charge in [0.05, 0.1) is 33.3 Å². The number of thioether (sulfide) groups is 1. The Bertz CT molecular complexity index is 870. The van der Waals surface area contributed by atoms with Crippen molar-refractivity contribution >= 4 is 29.7 Å². The van der Waals surface area contributed by atoms with E-state index in [1.165, 1.54) is 11.8 Å². The molecule has 1 aliphatic rings. The Morgan fingerprint density at radius 2 is 1.32 bits per heavy atom. The summed E-state index contributed by atoms with van der Waals surface area (Å²) < 4.78 is 21.6. The first kappa shape index (κ1) is 19.9. The van der Waals surface area contributed by atoms with Crippen molar-refractivity contribution in [2.45, 2.75) is 0 Å². The Balaban J connectivity index is 1.95. The summed E-state index contributed by atoms with van der Waals surface area (Å²) in [6.07, 6.45) is 3.71. The highest BCUT2D eigenvalue weighted by molar-refractivity contribution is 8.05. The molecule has 0 spiro atoms. The van der Waals surface area contributed by atoms with Crippen LogP contribution in [-0.2, 0) is 4.79 Å². The molecule has 0 aromatic heterocycles. The minimum absolute atomic E-state index is 0.000235. The second kappa shape index (κ2) is 8.89. The average Bonchev–Trinajstić information content (AvgIpc) is 3.06. The van der Waals surface area contributed by atoms with Gasteiger partial charge in [-0.25, -0.2) is 0 Å². The zero-order valence-corrected chi connectivity index (χ0v) is 17.1. The SMILES string of the molecule is COc1cccc(C=C2CSC(=Cc3cccc(OC)c3OC)C2=O)c1OC. The molecule has 146 valence electrons. The van der Waals surface area contributed by atoms with Crippen molar-refractivity contribution in [2.75, 3.05) is 34.2 Å². The number of carbonyl (C=O) groups excluding carboxylic acids is 1. The van der Waals surface area contributed by atoms with E-state index in [-0.39, 0.29) is 5.78 Å². The van der Waals surface area contributed by atoms with Gasteiger partial charge in [0.2, 0.25) is 0 Å². The Labute approximate surface area is 168 Å². The number of hydrogen-bond acceptors (Lipinski definition) is 6. The number of benzene rings is 2. The van der Waals surface area contributed by atoms with Crippen LogP contribution in [0.1, 0.15) is 11.1 Å². The predicted octanol–water partition coefficient (Wildman–Crippen LogP) is 4.46. The maximum Gasteiger partial charge on any atom is 0.196 e. The zero-order chi connectivity index (χ0) is 20.1. The first-order valence-corrected chi connectivity index (χ1v) is 9.63. The van der Waals surface area contributed by atoms with E-state index < -0.39 is 0 Å². The van der Waals surface area contributed by atoms with Crippen LogP contribution in [0.2, 0.25) is 0 Å². The number of ether oxygens (including phenoxy) is 4. The van der Waals surface area contributed by atoms with Gasteiger partial charge in [0.15, 0.2) is 28.8 Å². The van der Waals surface area contributed by atoms with Crippen molar-refractivity contribution in [1.82, 2.24) is 0 Å². The van der Waals surface area contributed by atoms with E-state index in [9.17, 15) is 4.79 Å². The van der Waals surface area contributed by atoms with E-state index >= 15 is 0 Å². The Morgan fingerprint density at radius 3 is 1.82 bits per heavy atom. The van der Waals surface area contributed by atoms with Crippen LogP contribution in [0.25, 0.3) is 12.2 Å². The highest BCUT2D eigenvalue weighted by Crippen LogP contribution is 2.39. The molecule has 0 unspecified atom stereocenters. The smallest absolute Gasteiger partial charge is 0.196 e. The molecule has 3 rings (SSSR count). The van der Waals surface area contributed by atoms with Gasteiger partial charge >= 0.3 is 0 Å².